The molecule has 33 heavy (non-hydrogen) atoms. The topological polar surface area (TPSA) is 85.9 Å². The second kappa shape index (κ2) is 10.5. The summed E-state index contributed by atoms with van der Waals surface area (Å²) < 4.78 is 143. The Morgan fingerprint density at radius 2 is 1.79 bits per heavy atom. The summed E-state index contributed by atoms with van der Waals surface area (Å²) in [6, 6.07) is 3.54. The van der Waals surface area contributed by atoms with Crippen molar-refractivity contribution in [2.75, 3.05) is 32.1 Å². The van der Waals surface area contributed by atoms with Gasteiger partial charge in [0.25, 0.3) is 11.8 Å². The number of anilines is 1. The first-order valence-corrected chi connectivity index (χ1v) is 8.84. The summed E-state index contributed by atoms with van der Waals surface area (Å²) in [7, 11) is -3.05. The van der Waals surface area contributed by atoms with E-state index in [0.29, 0.717) is 6.07 Å². The van der Waals surface area contributed by atoms with Crippen LogP contribution in [0.2, 0.25) is 0 Å². The summed E-state index contributed by atoms with van der Waals surface area (Å²) in [5, 5.41) is 1.60. The van der Waals surface area contributed by atoms with E-state index >= 15 is 8.78 Å². The minimum Gasteiger partial charge on any atom is -0.494 e. The minimum atomic E-state index is -3.56. The van der Waals surface area contributed by atoms with Crippen LogP contribution in [0.15, 0.2) is 35.4 Å². The molecular weight excluding hydrogens is 448 g/mol. The molecule has 0 spiro atoms. The molecule has 2 N–H and O–H groups in total. The molecule has 2 amide bonds. The third-order valence-corrected chi connectivity index (χ3v) is 4.39. The zero-order valence-corrected chi connectivity index (χ0v) is 16.3. The Morgan fingerprint density at radius 1 is 1.09 bits per heavy atom. The zero-order valence-electron chi connectivity index (χ0n) is 26.3. The fourth-order valence-corrected chi connectivity index (χ4v) is 2.93. The van der Waals surface area contributed by atoms with Gasteiger partial charge in [0.15, 0.2) is 23.3 Å². The van der Waals surface area contributed by atoms with Crippen molar-refractivity contribution >= 4 is 17.5 Å². The van der Waals surface area contributed by atoms with Crippen LogP contribution >= 0.6 is 0 Å². The molecule has 0 aromatic heterocycles. The van der Waals surface area contributed by atoms with E-state index in [1.807, 2.05) is 0 Å². The van der Waals surface area contributed by atoms with E-state index in [4.69, 9.17) is 23.2 Å². The molecule has 0 aliphatic carbocycles. The molecule has 0 radical (unpaired) electrons. The van der Waals surface area contributed by atoms with E-state index in [-0.39, 0.29) is 0 Å². The lowest BCUT2D eigenvalue weighted by Gasteiger charge is -2.14. The number of hydroxylamine groups is 1. The van der Waals surface area contributed by atoms with Crippen LogP contribution in [0.4, 0.5) is 23.2 Å². The van der Waals surface area contributed by atoms with E-state index in [2.05, 4.69) is 4.84 Å². The molecule has 2 aromatic rings. The molecule has 7 nitrogen and oxygen atoms in total. The highest BCUT2D eigenvalue weighted by Crippen LogP contribution is 2.36. The molecule has 0 saturated heterocycles. The van der Waals surface area contributed by atoms with Crippen LogP contribution in [0.1, 0.15) is 26.9 Å². The lowest BCUT2D eigenvalue weighted by atomic mass is 10.0. The summed E-state index contributed by atoms with van der Waals surface area (Å²) in [4.78, 5) is 29.0. The predicted octanol–water partition coefficient (Wildman–Crippen LogP) is 3.64. The van der Waals surface area contributed by atoms with Gasteiger partial charge in [0.2, 0.25) is 0 Å². The summed E-state index contributed by atoms with van der Waals surface area (Å²) >= 11 is 0. The average molecular weight is 478 g/mol. The molecule has 3 rings (SSSR count). The highest BCUT2D eigenvalue weighted by atomic mass is 19.2. The molecule has 11 heteroatoms. The Morgan fingerprint density at radius 3 is 2.45 bits per heavy atom. The first-order chi connectivity index (χ1) is 19.6. The largest absolute Gasteiger partial charge is 0.494 e. The van der Waals surface area contributed by atoms with Gasteiger partial charge in [0.05, 0.1) is 50.4 Å². The van der Waals surface area contributed by atoms with Crippen molar-refractivity contribution in [1.29, 1.82) is 0 Å². The van der Waals surface area contributed by atoms with E-state index in [9.17, 15) is 18.4 Å². The fourth-order valence-electron chi connectivity index (χ4n) is 2.93. The molecular formula is C22H20F4N2O5. The number of amides is 2. The van der Waals surface area contributed by atoms with E-state index < -0.39 is 109 Å². The van der Waals surface area contributed by atoms with Crippen LogP contribution < -0.4 is 15.5 Å². The molecule has 0 saturated carbocycles. The number of carbonyl (C=O) groups is 2. The van der Waals surface area contributed by atoms with Gasteiger partial charge in [-0.15, -0.1) is 0 Å². The number of carbonyl (C=O) groups excluding carboxylic acids is 2. The van der Waals surface area contributed by atoms with Gasteiger partial charge in [0, 0.05) is 6.85 Å². The molecule has 1 aliphatic heterocycles. The Hall–Kier alpha value is -3.44. The van der Waals surface area contributed by atoms with Crippen molar-refractivity contribution < 1.29 is 55.2 Å². The number of benzene rings is 2. The highest BCUT2D eigenvalue weighted by molar-refractivity contribution is 6.10. The van der Waals surface area contributed by atoms with Gasteiger partial charge in [-0.05, 0) is 24.1 Å². The molecule has 0 fully saturated rings. The lowest BCUT2D eigenvalue weighted by molar-refractivity contribution is -0.127. The molecule has 0 bridgehead atoms. The van der Waals surface area contributed by atoms with Crippen molar-refractivity contribution in [3.05, 3.63) is 58.7 Å². The van der Waals surface area contributed by atoms with Gasteiger partial charge in [-0.1, -0.05) is 19.0 Å². The standard InChI is InChI=1S/C22H20F4N2O5/c1-3-7-33-12-6-4-5-11(8-12)15-16(23)18(25)20(19(26)17(15)24)27-21(29)13-9-32-10-14(13)22(30)28-31-2/h4-6,8H,3,7,9-10H2,1-2H3,(H,27,29)(H,28,30)/i1D3,2D3,3D2,7D2. The summed E-state index contributed by atoms with van der Waals surface area (Å²) in [5.74, 6) is -11.6. The average Bonchev–Trinajstić information content (AvgIpc) is 3.38. The van der Waals surface area contributed by atoms with E-state index in [1.54, 1.807) is 10.8 Å². The van der Waals surface area contributed by atoms with Crippen LogP contribution in [0.5, 0.6) is 5.75 Å². The molecule has 0 atom stereocenters. The van der Waals surface area contributed by atoms with Crippen LogP contribution in [0, 0.1) is 23.3 Å². The number of ether oxygens (including phenoxy) is 2. The van der Waals surface area contributed by atoms with Gasteiger partial charge in [0.1, 0.15) is 11.4 Å². The van der Waals surface area contributed by atoms with Gasteiger partial charge < -0.3 is 14.8 Å². The van der Waals surface area contributed by atoms with Crippen LogP contribution in [-0.4, -0.2) is 38.6 Å². The van der Waals surface area contributed by atoms with Crippen LogP contribution in [-0.2, 0) is 19.2 Å². The van der Waals surface area contributed by atoms with Crippen molar-refractivity contribution in [2.45, 2.75) is 13.2 Å². The molecule has 1 aliphatic rings. The smallest absolute Gasteiger partial charge is 0.273 e. The third-order valence-electron chi connectivity index (χ3n) is 4.39. The number of rotatable bonds is 8. The Labute approximate surface area is 200 Å². The molecule has 2 aromatic carbocycles. The predicted molar refractivity (Wildman–Crippen MR) is 109 cm³/mol. The van der Waals surface area contributed by atoms with E-state index in [0.717, 1.165) is 18.2 Å². The number of hydrogen-bond donors (Lipinski definition) is 2. The normalized spacial score (nSPS) is 19.4. The minimum absolute atomic E-state index is 0.500. The monoisotopic (exact) mass is 478 g/mol. The number of halogens is 4. The zero-order chi connectivity index (χ0) is 32.7. The van der Waals surface area contributed by atoms with Gasteiger partial charge in [-0.25, -0.2) is 23.0 Å². The van der Waals surface area contributed by atoms with Gasteiger partial charge in [-0.3, -0.25) is 14.4 Å². The molecule has 176 valence electrons. The first kappa shape index (κ1) is 14.0. The second-order valence-electron chi connectivity index (χ2n) is 6.30. The third kappa shape index (κ3) is 4.99. The van der Waals surface area contributed by atoms with Crippen molar-refractivity contribution in [3.8, 4) is 16.9 Å². The van der Waals surface area contributed by atoms with E-state index in [1.165, 1.54) is 0 Å². The Balaban J connectivity index is 1.95. The molecule has 0 unspecified atom stereocenters. The second-order valence-corrected chi connectivity index (χ2v) is 6.30. The summed E-state index contributed by atoms with van der Waals surface area (Å²) in [5.41, 5.74) is -3.11. The van der Waals surface area contributed by atoms with Crippen LogP contribution in [0.3, 0.4) is 0 Å². The number of nitrogens with one attached hydrogen (secondary N) is 2. The van der Waals surface area contributed by atoms with Crippen molar-refractivity contribution in [1.82, 2.24) is 5.48 Å². The molecule has 1 heterocycles. The van der Waals surface area contributed by atoms with Gasteiger partial charge >= 0.3 is 0 Å². The van der Waals surface area contributed by atoms with Crippen LogP contribution in [0.25, 0.3) is 11.1 Å². The quantitative estimate of drug-likeness (QED) is 0.344. The fraction of sp³-hybridized carbons (Fsp3) is 0.273. The first-order valence-electron chi connectivity index (χ1n) is 13.8. The maximum absolute atomic E-state index is 15.1. The summed E-state index contributed by atoms with van der Waals surface area (Å²) in [6.45, 7) is -8.15. The van der Waals surface area contributed by atoms with Crippen molar-refractivity contribution in [3.63, 3.8) is 0 Å². The Bertz CT molecular complexity index is 1450. The summed E-state index contributed by atoms with van der Waals surface area (Å²) in [6.07, 6.45) is -3.56. The highest BCUT2D eigenvalue weighted by Gasteiger charge is 2.31. The maximum Gasteiger partial charge on any atom is 0.273 e. The Kier molecular flexibility index (Phi) is 4.42. The maximum atomic E-state index is 15.1. The number of hydrogen-bond acceptors (Lipinski definition) is 5. The van der Waals surface area contributed by atoms with Gasteiger partial charge in [-0.2, -0.15) is 0 Å². The van der Waals surface area contributed by atoms with Crippen molar-refractivity contribution in [2.24, 2.45) is 0 Å². The SMILES string of the molecule is [2H]C([2H])([2H])ONC(=O)C1=C(C(=O)Nc2c(F)c(F)c(-c3cccc(OC([2H])([2H])C([2H])([2H])C([2H])([2H])[2H])c3)c(F)c2F)COC1. The lowest BCUT2D eigenvalue weighted by Crippen LogP contribution is -2.27.